The van der Waals surface area contributed by atoms with Crippen molar-refractivity contribution in [2.75, 3.05) is 26.3 Å². The number of nitrogens with one attached hydrogen (secondary N) is 2. The molecule has 4 nitrogen and oxygen atoms in total. The predicted molar refractivity (Wildman–Crippen MR) is 43.6 cm³/mol. The standard InChI is InChI=1S/C7H16N2O2/c1-3-8-7(10)9-5-6-11-4-2/h3-6H2,1-2H3,(H2,8,9,10). The first-order chi connectivity index (χ1) is 5.31. The van der Waals surface area contributed by atoms with Crippen LogP contribution in [0.3, 0.4) is 0 Å². The van der Waals surface area contributed by atoms with Crippen LogP contribution in [0.15, 0.2) is 0 Å². The number of urea groups is 1. The highest BCUT2D eigenvalue weighted by Crippen LogP contribution is 1.70. The molecule has 11 heavy (non-hydrogen) atoms. The Morgan fingerprint density at radius 3 is 2.64 bits per heavy atom. The molecule has 0 heterocycles. The summed E-state index contributed by atoms with van der Waals surface area (Å²) >= 11 is 0. The lowest BCUT2D eigenvalue weighted by Gasteiger charge is -2.04. The molecule has 2 amide bonds. The zero-order valence-electron chi connectivity index (χ0n) is 7.14. The van der Waals surface area contributed by atoms with Crippen LogP contribution in [0.2, 0.25) is 0 Å². The molecule has 2 N–H and O–H groups in total. The van der Waals surface area contributed by atoms with E-state index in [1.165, 1.54) is 0 Å². The summed E-state index contributed by atoms with van der Waals surface area (Å²) in [5.74, 6) is 0. The first kappa shape index (κ1) is 10.2. The number of ether oxygens (including phenoxy) is 1. The molecule has 0 aliphatic heterocycles. The third kappa shape index (κ3) is 7.12. The predicted octanol–water partition coefficient (Wildman–Crippen LogP) is 0.342. The first-order valence-corrected chi connectivity index (χ1v) is 3.90. The van der Waals surface area contributed by atoms with Gasteiger partial charge in [0, 0.05) is 19.7 Å². The third-order valence-corrected chi connectivity index (χ3v) is 1.07. The Bertz CT molecular complexity index is 107. The van der Waals surface area contributed by atoms with Crippen molar-refractivity contribution in [3.63, 3.8) is 0 Å². The monoisotopic (exact) mass is 160 g/mol. The summed E-state index contributed by atoms with van der Waals surface area (Å²) in [7, 11) is 0. The van der Waals surface area contributed by atoms with Crippen molar-refractivity contribution in [2.45, 2.75) is 13.8 Å². The van der Waals surface area contributed by atoms with E-state index < -0.39 is 0 Å². The van der Waals surface area contributed by atoms with Crippen LogP contribution in [0.5, 0.6) is 0 Å². The van der Waals surface area contributed by atoms with E-state index in [0.717, 1.165) is 0 Å². The highest BCUT2D eigenvalue weighted by Gasteiger charge is 1.94. The molecule has 0 aromatic rings. The molecule has 0 spiro atoms. The zero-order chi connectivity index (χ0) is 8.53. The summed E-state index contributed by atoms with van der Waals surface area (Å²) in [5.41, 5.74) is 0. The number of amides is 2. The maximum absolute atomic E-state index is 10.7. The van der Waals surface area contributed by atoms with Gasteiger partial charge in [-0.3, -0.25) is 0 Å². The Morgan fingerprint density at radius 2 is 2.09 bits per heavy atom. The molecule has 0 aliphatic rings. The van der Waals surface area contributed by atoms with Crippen molar-refractivity contribution >= 4 is 6.03 Å². The van der Waals surface area contributed by atoms with E-state index >= 15 is 0 Å². The van der Waals surface area contributed by atoms with Gasteiger partial charge in [-0.1, -0.05) is 0 Å². The van der Waals surface area contributed by atoms with Crippen LogP contribution in [-0.2, 0) is 4.74 Å². The fourth-order valence-corrected chi connectivity index (χ4v) is 0.604. The van der Waals surface area contributed by atoms with E-state index in [4.69, 9.17) is 4.74 Å². The molecule has 0 unspecified atom stereocenters. The van der Waals surface area contributed by atoms with Gasteiger partial charge in [-0.15, -0.1) is 0 Å². The molecular formula is C7H16N2O2. The van der Waals surface area contributed by atoms with Crippen molar-refractivity contribution in [3.8, 4) is 0 Å². The van der Waals surface area contributed by atoms with Crippen LogP contribution in [0, 0.1) is 0 Å². The quantitative estimate of drug-likeness (QED) is 0.570. The van der Waals surface area contributed by atoms with E-state index in [-0.39, 0.29) is 6.03 Å². The van der Waals surface area contributed by atoms with Gasteiger partial charge in [0.25, 0.3) is 0 Å². The summed E-state index contributed by atoms with van der Waals surface area (Å²) in [5, 5.41) is 5.26. The van der Waals surface area contributed by atoms with Gasteiger partial charge in [0.05, 0.1) is 6.61 Å². The molecule has 0 saturated heterocycles. The number of carbonyl (C=O) groups excluding carboxylic acids is 1. The lowest BCUT2D eigenvalue weighted by molar-refractivity contribution is 0.149. The van der Waals surface area contributed by atoms with Crippen LogP contribution in [0.4, 0.5) is 4.79 Å². The molecule has 0 saturated carbocycles. The van der Waals surface area contributed by atoms with E-state index in [1.54, 1.807) is 0 Å². The van der Waals surface area contributed by atoms with Crippen LogP contribution < -0.4 is 10.6 Å². The van der Waals surface area contributed by atoms with Crippen molar-refractivity contribution in [1.82, 2.24) is 10.6 Å². The normalized spacial score (nSPS) is 9.27. The van der Waals surface area contributed by atoms with Crippen molar-refractivity contribution in [3.05, 3.63) is 0 Å². The molecule has 0 rings (SSSR count). The van der Waals surface area contributed by atoms with Crippen molar-refractivity contribution in [2.24, 2.45) is 0 Å². The number of hydrogen-bond acceptors (Lipinski definition) is 2. The Hall–Kier alpha value is -0.770. The van der Waals surface area contributed by atoms with E-state index in [0.29, 0.717) is 26.3 Å². The molecule has 4 heteroatoms. The Labute approximate surface area is 67.3 Å². The minimum absolute atomic E-state index is 0.132. The van der Waals surface area contributed by atoms with Gasteiger partial charge in [-0.05, 0) is 13.8 Å². The molecule has 0 atom stereocenters. The van der Waals surface area contributed by atoms with Crippen molar-refractivity contribution in [1.29, 1.82) is 0 Å². The fourth-order valence-electron chi connectivity index (χ4n) is 0.604. The van der Waals surface area contributed by atoms with Gasteiger partial charge in [-0.25, -0.2) is 4.79 Å². The van der Waals surface area contributed by atoms with Gasteiger partial charge >= 0.3 is 6.03 Å². The minimum Gasteiger partial charge on any atom is -0.380 e. The average Bonchev–Trinajstić information content (AvgIpc) is 1.99. The summed E-state index contributed by atoms with van der Waals surface area (Å²) in [6, 6.07) is -0.132. The Balaban J connectivity index is 3.04. The van der Waals surface area contributed by atoms with Crippen LogP contribution >= 0.6 is 0 Å². The van der Waals surface area contributed by atoms with Crippen LogP contribution in [-0.4, -0.2) is 32.3 Å². The molecule has 0 radical (unpaired) electrons. The van der Waals surface area contributed by atoms with Crippen LogP contribution in [0.25, 0.3) is 0 Å². The third-order valence-electron chi connectivity index (χ3n) is 1.07. The van der Waals surface area contributed by atoms with E-state index in [2.05, 4.69) is 10.6 Å². The summed E-state index contributed by atoms with van der Waals surface area (Å²) in [6.07, 6.45) is 0. The highest BCUT2D eigenvalue weighted by molar-refractivity contribution is 5.73. The highest BCUT2D eigenvalue weighted by atomic mass is 16.5. The minimum atomic E-state index is -0.132. The molecule has 66 valence electrons. The van der Waals surface area contributed by atoms with Crippen LogP contribution in [0.1, 0.15) is 13.8 Å². The second-order valence-corrected chi connectivity index (χ2v) is 1.98. The lowest BCUT2D eigenvalue weighted by Crippen LogP contribution is -2.37. The largest absolute Gasteiger partial charge is 0.380 e. The smallest absolute Gasteiger partial charge is 0.314 e. The lowest BCUT2D eigenvalue weighted by atomic mass is 10.6. The maximum Gasteiger partial charge on any atom is 0.314 e. The Morgan fingerprint density at radius 1 is 1.36 bits per heavy atom. The summed E-state index contributed by atoms with van der Waals surface area (Å²) < 4.78 is 5.02. The molecule has 0 aliphatic carbocycles. The zero-order valence-corrected chi connectivity index (χ0v) is 7.14. The van der Waals surface area contributed by atoms with Crippen molar-refractivity contribution < 1.29 is 9.53 Å². The Kier molecular flexibility index (Phi) is 6.82. The summed E-state index contributed by atoms with van der Waals surface area (Å²) in [4.78, 5) is 10.7. The molecule has 0 aromatic heterocycles. The molecule has 0 aromatic carbocycles. The van der Waals surface area contributed by atoms with Gasteiger partial charge in [0.1, 0.15) is 0 Å². The first-order valence-electron chi connectivity index (χ1n) is 3.90. The number of hydrogen-bond donors (Lipinski definition) is 2. The van der Waals surface area contributed by atoms with E-state index in [1.807, 2.05) is 13.8 Å². The van der Waals surface area contributed by atoms with Gasteiger partial charge in [0.15, 0.2) is 0 Å². The topological polar surface area (TPSA) is 50.4 Å². The maximum atomic E-state index is 10.7. The second kappa shape index (κ2) is 7.34. The summed E-state index contributed by atoms with van der Waals surface area (Å²) in [6.45, 7) is 6.29. The second-order valence-electron chi connectivity index (χ2n) is 1.98. The van der Waals surface area contributed by atoms with Gasteiger partial charge < -0.3 is 15.4 Å². The molecular weight excluding hydrogens is 144 g/mol. The number of rotatable bonds is 5. The molecule has 0 bridgehead atoms. The van der Waals surface area contributed by atoms with Gasteiger partial charge in [-0.2, -0.15) is 0 Å². The SMILES string of the molecule is CCNC(=O)NCCOCC. The molecule has 0 fully saturated rings. The van der Waals surface area contributed by atoms with E-state index in [9.17, 15) is 4.79 Å². The fraction of sp³-hybridized carbons (Fsp3) is 0.857. The number of carbonyl (C=O) groups is 1. The average molecular weight is 160 g/mol. The van der Waals surface area contributed by atoms with Gasteiger partial charge in [0.2, 0.25) is 0 Å².